The third-order valence-electron chi connectivity index (χ3n) is 5.22. The average Bonchev–Trinajstić information content (AvgIpc) is 3.05. The molecule has 2 fully saturated rings. The van der Waals surface area contributed by atoms with Gasteiger partial charge in [-0.15, -0.1) is 0 Å². The number of carbonyl (C=O) groups is 1. The number of likely N-dealkylation sites (tertiary alicyclic amines) is 1. The highest BCUT2D eigenvalue weighted by Gasteiger charge is 2.31. The van der Waals surface area contributed by atoms with Crippen LogP contribution in [0, 0.1) is 6.92 Å². The third kappa shape index (κ3) is 5.05. The fourth-order valence-corrected chi connectivity index (χ4v) is 3.76. The lowest BCUT2D eigenvalue weighted by Crippen LogP contribution is -2.50. The first-order chi connectivity index (χ1) is 12.1. The Morgan fingerprint density at radius 3 is 2.92 bits per heavy atom. The van der Waals surface area contributed by atoms with Crippen LogP contribution in [0.2, 0.25) is 0 Å². The maximum Gasteiger partial charge on any atom is 0.251 e. The van der Waals surface area contributed by atoms with E-state index in [0.29, 0.717) is 6.61 Å². The molecule has 0 aliphatic carbocycles. The van der Waals surface area contributed by atoms with Gasteiger partial charge in [0.25, 0.3) is 5.91 Å². The summed E-state index contributed by atoms with van der Waals surface area (Å²) in [5, 5.41) is 4.38. The van der Waals surface area contributed by atoms with E-state index in [2.05, 4.69) is 5.10 Å². The zero-order valence-electron chi connectivity index (χ0n) is 15.5. The van der Waals surface area contributed by atoms with E-state index >= 15 is 0 Å². The van der Waals surface area contributed by atoms with Crippen LogP contribution in [0.1, 0.15) is 51.0 Å². The molecule has 0 bridgehead atoms. The van der Waals surface area contributed by atoms with Crippen LogP contribution in [0.15, 0.2) is 12.4 Å². The van der Waals surface area contributed by atoms with E-state index in [-0.39, 0.29) is 18.1 Å². The fraction of sp³-hybridized carbons (Fsp3) is 0.789. The molecule has 2 saturated heterocycles. The molecule has 1 aromatic rings. The number of aryl methyl sites for hydroxylation is 1. The highest BCUT2D eigenvalue weighted by molar-refractivity contribution is 5.81. The number of rotatable bonds is 6. The summed E-state index contributed by atoms with van der Waals surface area (Å²) in [6.45, 7) is 6.82. The Bertz CT molecular complexity index is 554. The minimum absolute atomic E-state index is 0.101. The number of piperidine rings is 1. The highest BCUT2D eigenvalue weighted by atomic mass is 16.5. The van der Waals surface area contributed by atoms with Gasteiger partial charge in [0.1, 0.15) is 6.10 Å². The Labute approximate surface area is 150 Å². The van der Waals surface area contributed by atoms with Gasteiger partial charge in [-0.25, -0.2) is 0 Å². The zero-order chi connectivity index (χ0) is 17.6. The molecule has 0 spiro atoms. The molecule has 3 rings (SSSR count). The van der Waals surface area contributed by atoms with E-state index in [1.807, 2.05) is 35.8 Å². The number of carbonyl (C=O) groups excluding carboxylic acids is 1. The molecule has 6 heteroatoms. The topological polar surface area (TPSA) is 56.6 Å². The summed E-state index contributed by atoms with van der Waals surface area (Å²) in [5.41, 5.74) is 1.15. The number of hydrogen-bond donors (Lipinski definition) is 0. The summed E-state index contributed by atoms with van der Waals surface area (Å²) in [6, 6.07) is 0.206. The van der Waals surface area contributed by atoms with Crippen LogP contribution < -0.4 is 0 Å². The monoisotopic (exact) mass is 349 g/mol. The molecular weight excluding hydrogens is 318 g/mol. The summed E-state index contributed by atoms with van der Waals surface area (Å²) in [4.78, 5) is 14.9. The van der Waals surface area contributed by atoms with Crippen LogP contribution in [0.5, 0.6) is 0 Å². The molecule has 0 aromatic carbocycles. The van der Waals surface area contributed by atoms with Gasteiger partial charge < -0.3 is 14.4 Å². The Morgan fingerprint density at radius 1 is 1.36 bits per heavy atom. The van der Waals surface area contributed by atoms with E-state index in [9.17, 15) is 4.79 Å². The lowest BCUT2D eigenvalue weighted by molar-refractivity contribution is -0.150. The lowest BCUT2D eigenvalue weighted by atomic mass is 10.0. The molecule has 0 saturated carbocycles. The minimum atomic E-state index is -0.412. The van der Waals surface area contributed by atoms with Crippen molar-refractivity contribution in [3.8, 4) is 0 Å². The van der Waals surface area contributed by atoms with Crippen LogP contribution in [0.3, 0.4) is 0 Å². The van der Waals surface area contributed by atoms with E-state index in [0.717, 1.165) is 50.9 Å². The Kier molecular flexibility index (Phi) is 6.48. The Hall–Kier alpha value is -1.40. The van der Waals surface area contributed by atoms with Gasteiger partial charge in [-0.2, -0.15) is 5.10 Å². The molecule has 6 nitrogen and oxygen atoms in total. The molecule has 140 valence electrons. The molecular formula is C19H31N3O3. The fourth-order valence-electron chi connectivity index (χ4n) is 3.76. The van der Waals surface area contributed by atoms with Crippen LogP contribution in [0.4, 0.5) is 0 Å². The predicted molar refractivity (Wildman–Crippen MR) is 95.3 cm³/mol. The quantitative estimate of drug-likeness (QED) is 0.792. The van der Waals surface area contributed by atoms with Crippen molar-refractivity contribution in [2.45, 2.75) is 77.2 Å². The maximum absolute atomic E-state index is 12.9. The summed E-state index contributed by atoms with van der Waals surface area (Å²) in [7, 11) is 0. The van der Waals surface area contributed by atoms with E-state index in [1.165, 1.54) is 12.8 Å². The Morgan fingerprint density at radius 2 is 2.20 bits per heavy atom. The molecule has 2 aliphatic rings. The molecule has 0 N–H and O–H groups in total. The molecule has 2 aliphatic heterocycles. The van der Waals surface area contributed by atoms with Crippen molar-refractivity contribution < 1.29 is 14.3 Å². The first kappa shape index (κ1) is 18.4. The first-order valence-corrected chi connectivity index (χ1v) is 9.66. The van der Waals surface area contributed by atoms with Crippen LogP contribution in [0.25, 0.3) is 0 Å². The minimum Gasteiger partial charge on any atom is -0.376 e. The lowest BCUT2D eigenvalue weighted by Gasteiger charge is -2.37. The summed E-state index contributed by atoms with van der Waals surface area (Å²) >= 11 is 0. The van der Waals surface area contributed by atoms with Gasteiger partial charge in [-0.3, -0.25) is 9.48 Å². The van der Waals surface area contributed by atoms with Gasteiger partial charge in [-0.1, -0.05) is 0 Å². The summed E-state index contributed by atoms with van der Waals surface area (Å²) in [5.74, 6) is 0.101. The van der Waals surface area contributed by atoms with Crippen LogP contribution in [-0.4, -0.2) is 58.6 Å². The van der Waals surface area contributed by atoms with Crippen LogP contribution >= 0.6 is 0 Å². The molecule has 0 radical (unpaired) electrons. The van der Waals surface area contributed by atoms with Crippen molar-refractivity contribution in [1.82, 2.24) is 14.7 Å². The van der Waals surface area contributed by atoms with Gasteiger partial charge in [-0.05, 0) is 57.9 Å². The number of amides is 1. The number of hydrogen-bond acceptors (Lipinski definition) is 4. The molecule has 25 heavy (non-hydrogen) atoms. The second kappa shape index (κ2) is 8.81. The predicted octanol–water partition coefficient (Wildman–Crippen LogP) is 2.55. The zero-order valence-corrected chi connectivity index (χ0v) is 15.5. The number of ether oxygens (including phenoxy) is 2. The average molecular weight is 349 g/mol. The largest absolute Gasteiger partial charge is 0.376 e. The standard InChI is InChI=1S/C19H31N3O3/c1-15-11-20-21(12-15)13-17-7-3-5-9-22(17)19(23)16(2)25-14-18-8-4-6-10-24-18/h11-12,16-18H,3-10,13-14H2,1-2H3/t16-,17-,18+/m0/s1. The molecule has 3 atom stereocenters. The second-order valence-corrected chi connectivity index (χ2v) is 7.39. The van der Waals surface area contributed by atoms with E-state index in [1.54, 1.807) is 0 Å². The highest BCUT2D eigenvalue weighted by Crippen LogP contribution is 2.21. The molecule has 0 unspecified atom stereocenters. The third-order valence-corrected chi connectivity index (χ3v) is 5.22. The maximum atomic E-state index is 12.9. The number of nitrogens with zero attached hydrogens (tertiary/aromatic N) is 3. The molecule has 1 aromatic heterocycles. The van der Waals surface area contributed by atoms with Crippen molar-refractivity contribution in [3.63, 3.8) is 0 Å². The van der Waals surface area contributed by atoms with E-state index in [4.69, 9.17) is 9.47 Å². The van der Waals surface area contributed by atoms with Gasteiger partial charge in [0.2, 0.25) is 0 Å². The van der Waals surface area contributed by atoms with Crippen molar-refractivity contribution >= 4 is 5.91 Å². The second-order valence-electron chi connectivity index (χ2n) is 7.39. The van der Waals surface area contributed by atoms with Gasteiger partial charge in [0, 0.05) is 19.3 Å². The Balaban J connectivity index is 1.53. The van der Waals surface area contributed by atoms with Crippen molar-refractivity contribution in [3.05, 3.63) is 18.0 Å². The van der Waals surface area contributed by atoms with Gasteiger partial charge in [0.05, 0.1) is 31.5 Å². The molecule has 3 heterocycles. The molecule has 1 amide bonds. The SMILES string of the molecule is Cc1cnn(C[C@@H]2CCCCN2C(=O)[C@H](C)OC[C@H]2CCCCO2)c1. The first-order valence-electron chi connectivity index (χ1n) is 9.66. The summed E-state index contributed by atoms with van der Waals surface area (Å²) in [6.07, 6.45) is 10.3. The van der Waals surface area contributed by atoms with Crippen LogP contribution in [-0.2, 0) is 20.8 Å². The van der Waals surface area contributed by atoms with Crippen molar-refractivity contribution in [2.75, 3.05) is 19.8 Å². The summed E-state index contributed by atoms with van der Waals surface area (Å²) < 4.78 is 13.5. The van der Waals surface area contributed by atoms with Gasteiger partial charge >= 0.3 is 0 Å². The van der Waals surface area contributed by atoms with Crippen molar-refractivity contribution in [2.24, 2.45) is 0 Å². The smallest absolute Gasteiger partial charge is 0.251 e. The van der Waals surface area contributed by atoms with Crippen molar-refractivity contribution in [1.29, 1.82) is 0 Å². The normalized spacial score (nSPS) is 25.8. The van der Waals surface area contributed by atoms with E-state index < -0.39 is 6.10 Å². The number of aromatic nitrogens is 2. The van der Waals surface area contributed by atoms with Gasteiger partial charge in [0.15, 0.2) is 0 Å².